The standard InChI is InChI=1S/C31H32N2O3/c1-3-17-36-18-16-32-31(35)24-12-10-23(11-13-24)25-14-15-29-27(20-25)26(19-22-8-6-5-7-9-22)28(21-33-29)30(34)4-2/h5-15,20-21H,3-4,16-19H2,1-2H3,(H,32,35). The quantitative estimate of drug-likeness (QED) is 0.204. The van der Waals surface area contributed by atoms with E-state index in [9.17, 15) is 9.59 Å². The minimum Gasteiger partial charge on any atom is -0.380 e. The molecule has 0 aliphatic rings. The van der Waals surface area contributed by atoms with E-state index < -0.39 is 0 Å². The van der Waals surface area contributed by atoms with Crippen LogP contribution >= 0.6 is 0 Å². The molecule has 0 aliphatic carbocycles. The molecule has 0 aliphatic heterocycles. The predicted molar refractivity (Wildman–Crippen MR) is 144 cm³/mol. The summed E-state index contributed by atoms with van der Waals surface area (Å²) in [6, 6.07) is 23.9. The lowest BCUT2D eigenvalue weighted by atomic mass is 9.92. The van der Waals surface area contributed by atoms with E-state index in [-0.39, 0.29) is 11.7 Å². The Bertz CT molecular complexity index is 1330. The number of aromatic nitrogens is 1. The molecule has 0 spiro atoms. The van der Waals surface area contributed by atoms with Crippen molar-refractivity contribution in [3.8, 4) is 11.1 Å². The molecule has 0 saturated heterocycles. The van der Waals surface area contributed by atoms with E-state index in [0.29, 0.717) is 43.7 Å². The van der Waals surface area contributed by atoms with Gasteiger partial charge in [0.1, 0.15) is 0 Å². The van der Waals surface area contributed by atoms with Gasteiger partial charge < -0.3 is 10.1 Å². The highest BCUT2D eigenvalue weighted by Crippen LogP contribution is 2.29. The van der Waals surface area contributed by atoms with Crippen molar-refractivity contribution in [2.24, 2.45) is 0 Å². The first-order valence-corrected chi connectivity index (χ1v) is 12.6. The number of hydrogen-bond acceptors (Lipinski definition) is 4. The first kappa shape index (κ1) is 25.3. The molecule has 1 N–H and O–H groups in total. The number of amides is 1. The Labute approximate surface area is 212 Å². The van der Waals surface area contributed by atoms with Crippen molar-refractivity contribution in [3.63, 3.8) is 0 Å². The van der Waals surface area contributed by atoms with Crippen LogP contribution < -0.4 is 5.32 Å². The summed E-state index contributed by atoms with van der Waals surface area (Å²) in [4.78, 5) is 29.8. The van der Waals surface area contributed by atoms with Crippen molar-refractivity contribution in [1.82, 2.24) is 10.3 Å². The van der Waals surface area contributed by atoms with Crippen molar-refractivity contribution in [2.45, 2.75) is 33.1 Å². The maximum Gasteiger partial charge on any atom is 0.251 e. The number of pyridine rings is 1. The number of fused-ring (bicyclic) bond motifs is 1. The molecule has 0 saturated carbocycles. The lowest BCUT2D eigenvalue weighted by Gasteiger charge is -2.13. The molecule has 0 atom stereocenters. The highest BCUT2D eigenvalue weighted by molar-refractivity contribution is 6.02. The maximum absolute atomic E-state index is 12.8. The average Bonchev–Trinajstić information content (AvgIpc) is 2.93. The first-order valence-electron chi connectivity index (χ1n) is 12.6. The number of benzene rings is 3. The summed E-state index contributed by atoms with van der Waals surface area (Å²) in [6.45, 7) is 5.63. The SMILES string of the molecule is CCCOCCNC(=O)c1ccc(-c2ccc3ncc(C(=O)CC)c(Cc4ccccc4)c3c2)cc1. The lowest BCUT2D eigenvalue weighted by Crippen LogP contribution is -2.27. The van der Waals surface area contributed by atoms with Gasteiger partial charge in [-0.2, -0.15) is 0 Å². The third kappa shape index (κ3) is 6.04. The van der Waals surface area contributed by atoms with Crippen LogP contribution in [-0.2, 0) is 11.2 Å². The topological polar surface area (TPSA) is 68.3 Å². The molecule has 4 aromatic rings. The molecular weight excluding hydrogens is 448 g/mol. The van der Waals surface area contributed by atoms with Gasteiger partial charge in [-0.25, -0.2) is 0 Å². The molecule has 1 amide bonds. The number of rotatable bonds is 11. The Morgan fingerprint density at radius 1 is 0.889 bits per heavy atom. The second-order valence-electron chi connectivity index (χ2n) is 8.77. The second-order valence-corrected chi connectivity index (χ2v) is 8.77. The van der Waals surface area contributed by atoms with Crippen molar-refractivity contribution in [1.29, 1.82) is 0 Å². The Morgan fingerprint density at radius 2 is 1.64 bits per heavy atom. The summed E-state index contributed by atoms with van der Waals surface area (Å²) in [7, 11) is 0. The Morgan fingerprint density at radius 3 is 2.36 bits per heavy atom. The number of nitrogens with zero attached hydrogens (tertiary/aromatic N) is 1. The second kappa shape index (κ2) is 12.2. The monoisotopic (exact) mass is 480 g/mol. The zero-order chi connectivity index (χ0) is 25.3. The predicted octanol–water partition coefficient (Wildman–Crippen LogP) is 6.24. The molecule has 5 heteroatoms. The minimum atomic E-state index is -0.114. The third-order valence-corrected chi connectivity index (χ3v) is 6.19. The van der Waals surface area contributed by atoms with E-state index >= 15 is 0 Å². The Kier molecular flexibility index (Phi) is 8.58. The zero-order valence-corrected chi connectivity index (χ0v) is 20.9. The van der Waals surface area contributed by atoms with Gasteiger partial charge in [0.05, 0.1) is 12.1 Å². The van der Waals surface area contributed by atoms with Gasteiger partial charge >= 0.3 is 0 Å². The molecule has 1 aromatic heterocycles. The van der Waals surface area contributed by atoms with E-state index in [2.05, 4.69) is 35.4 Å². The molecule has 0 fully saturated rings. The van der Waals surface area contributed by atoms with Gasteiger partial charge in [-0.15, -0.1) is 0 Å². The van der Waals surface area contributed by atoms with Gasteiger partial charge in [-0.3, -0.25) is 14.6 Å². The van der Waals surface area contributed by atoms with Gasteiger partial charge in [-0.05, 0) is 59.4 Å². The number of ether oxygens (including phenoxy) is 1. The summed E-state index contributed by atoms with van der Waals surface area (Å²) >= 11 is 0. The van der Waals surface area contributed by atoms with E-state index in [1.54, 1.807) is 6.20 Å². The summed E-state index contributed by atoms with van der Waals surface area (Å²) in [6.07, 6.45) is 3.77. The largest absolute Gasteiger partial charge is 0.380 e. The van der Waals surface area contributed by atoms with Crippen LogP contribution in [0.5, 0.6) is 0 Å². The Balaban J connectivity index is 1.62. The van der Waals surface area contributed by atoms with Crippen LogP contribution in [0.1, 0.15) is 58.5 Å². The summed E-state index contributed by atoms with van der Waals surface area (Å²) < 4.78 is 5.42. The number of Topliss-reactive ketones (excluding diaryl/α,β-unsaturated/α-hetero) is 1. The van der Waals surface area contributed by atoms with E-state index in [1.807, 2.05) is 61.5 Å². The van der Waals surface area contributed by atoms with Crippen molar-refractivity contribution in [3.05, 3.63) is 101 Å². The third-order valence-electron chi connectivity index (χ3n) is 6.19. The average molecular weight is 481 g/mol. The number of carbonyl (C=O) groups excluding carboxylic acids is 2. The van der Waals surface area contributed by atoms with Gasteiger partial charge in [0.25, 0.3) is 5.91 Å². The molecule has 184 valence electrons. The van der Waals surface area contributed by atoms with Crippen LogP contribution in [0, 0.1) is 0 Å². The minimum absolute atomic E-state index is 0.0937. The molecule has 3 aromatic carbocycles. The molecule has 0 unspecified atom stereocenters. The molecule has 5 nitrogen and oxygen atoms in total. The Hall–Kier alpha value is -3.83. The van der Waals surface area contributed by atoms with Gasteiger partial charge in [-0.1, -0.05) is 62.4 Å². The van der Waals surface area contributed by atoms with Crippen molar-refractivity contribution in [2.75, 3.05) is 19.8 Å². The molecular formula is C31H32N2O3. The molecule has 1 heterocycles. The van der Waals surface area contributed by atoms with Gasteiger partial charge in [0.15, 0.2) is 5.78 Å². The van der Waals surface area contributed by atoms with E-state index in [0.717, 1.165) is 39.6 Å². The van der Waals surface area contributed by atoms with Gasteiger partial charge in [0, 0.05) is 42.3 Å². The van der Waals surface area contributed by atoms with Crippen LogP contribution in [0.3, 0.4) is 0 Å². The lowest BCUT2D eigenvalue weighted by molar-refractivity contribution is 0.0915. The van der Waals surface area contributed by atoms with E-state index in [4.69, 9.17) is 4.74 Å². The fourth-order valence-corrected chi connectivity index (χ4v) is 4.25. The van der Waals surface area contributed by atoms with Crippen LogP contribution in [0.4, 0.5) is 0 Å². The number of nitrogens with one attached hydrogen (secondary N) is 1. The zero-order valence-electron chi connectivity index (χ0n) is 20.9. The summed E-state index contributed by atoms with van der Waals surface area (Å²) in [5.74, 6) is -0.0200. The highest BCUT2D eigenvalue weighted by Gasteiger charge is 2.16. The van der Waals surface area contributed by atoms with Crippen LogP contribution in [-0.4, -0.2) is 36.4 Å². The number of hydrogen-bond donors (Lipinski definition) is 1. The van der Waals surface area contributed by atoms with Gasteiger partial charge in [0.2, 0.25) is 0 Å². The van der Waals surface area contributed by atoms with E-state index in [1.165, 1.54) is 0 Å². The fourth-order valence-electron chi connectivity index (χ4n) is 4.25. The molecule has 0 bridgehead atoms. The highest BCUT2D eigenvalue weighted by atomic mass is 16.5. The van der Waals surface area contributed by atoms with Crippen molar-refractivity contribution < 1.29 is 14.3 Å². The van der Waals surface area contributed by atoms with Crippen molar-refractivity contribution >= 4 is 22.6 Å². The first-order chi connectivity index (χ1) is 17.6. The smallest absolute Gasteiger partial charge is 0.251 e. The number of carbonyl (C=O) groups is 2. The maximum atomic E-state index is 12.8. The molecule has 4 rings (SSSR count). The summed E-state index contributed by atoms with van der Waals surface area (Å²) in [5, 5.41) is 3.87. The molecule has 0 radical (unpaired) electrons. The summed E-state index contributed by atoms with van der Waals surface area (Å²) in [5.41, 5.74) is 6.31. The van der Waals surface area contributed by atoms with Crippen LogP contribution in [0.2, 0.25) is 0 Å². The molecule has 36 heavy (non-hydrogen) atoms. The van der Waals surface area contributed by atoms with Crippen LogP contribution in [0.15, 0.2) is 79.0 Å². The van der Waals surface area contributed by atoms with Crippen LogP contribution in [0.25, 0.3) is 22.0 Å². The number of ketones is 1. The fraction of sp³-hybridized carbons (Fsp3) is 0.258. The normalized spacial score (nSPS) is 10.9.